The molecule has 0 fully saturated rings. The van der Waals surface area contributed by atoms with E-state index in [-0.39, 0.29) is 41.3 Å². The molecule has 45 heavy (non-hydrogen) atoms. The molecule has 1 N–H and O–H groups in total. The number of hydrogen-bond donors (Lipinski definition) is 1. The van der Waals surface area contributed by atoms with Gasteiger partial charge in [0, 0.05) is 23.6 Å². The minimum atomic E-state index is -0.302. The molecule has 0 radical (unpaired) electrons. The zero-order chi connectivity index (χ0) is 31.5. The third-order valence-corrected chi connectivity index (χ3v) is 6.91. The molecule has 0 saturated heterocycles. The number of rotatable bonds is 12. The molecule has 0 spiro atoms. The topological polar surface area (TPSA) is 66.4 Å². The van der Waals surface area contributed by atoms with Crippen LogP contribution in [0.15, 0.2) is 93.9 Å². The molecule has 11 heteroatoms. The average Bonchev–Trinajstić information content (AvgIpc) is 3.01. The zero-order valence-electron chi connectivity index (χ0n) is 23.7. The third-order valence-electron chi connectivity index (χ3n) is 5.21. The molecule has 0 unspecified atom stereocenters. The van der Waals surface area contributed by atoms with Crippen LogP contribution in [0.3, 0.4) is 0 Å². The number of halogens is 5. The van der Waals surface area contributed by atoms with E-state index in [1.165, 1.54) is 24.3 Å². The van der Waals surface area contributed by atoms with Crippen molar-refractivity contribution in [2.75, 3.05) is 26.1 Å². The monoisotopic (exact) mass is 778 g/mol. The van der Waals surface area contributed by atoms with Gasteiger partial charge >= 0.3 is 0 Å². The fourth-order valence-electron chi connectivity index (χ4n) is 3.11. The summed E-state index contributed by atoms with van der Waals surface area (Å²) in [5.74, 6) is 1.81. The molecule has 0 aliphatic heterocycles. The summed E-state index contributed by atoms with van der Waals surface area (Å²) in [6, 6.07) is 22.9. The van der Waals surface area contributed by atoms with E-state index in [1.54, 1.807) is 42.5 Å². The third kappa shape index (κ3) is 17.1. The van der Waals surface area contributed by atoms with Gasteiger partial charge in [-0.1, -0.05) is 58.3 Å². The summed E-state index contributed by atoms with van der Waals surface area (Å²) in [6.07, 6.45) is 0. The Kier molecular flexibility index (Phi) is 23.2. The van der Waals surface area contributed by atoms with Crippen molar-refractivity contribution in [3.63, 3.8) is 0 Å². The Balaban J connectivity index is 0. The van der Waals surface area contributed by atoms with Crippen LogP contribution in [-0.4, -0.2) is 31.2 Å². The zero-order valence-corrected chi connectivity index (χ0v) is 27.6. The summed E-state index contributed by atoms with van der Waals surface area (Å²) in [4.78, 5) is 0. The Morgan fingerprint density at radius 3 is 1.47 bits per heavy atom. The van der Waals surface area contributed by atoms with Crippen LogP contribution < -0.4 is 9.47 Å². The molecule has 6 nitrogen and oxygen atoms in total. The second-order valence-electron chi connectivity index (χ2n) is 8.34. The normalized spacial score (nSPS) is 9.78. The van der Waals surface area contributed by atoms with Gasteiger partial charge in [-0.25, -0.2) is 8.78 Å². The van der Waals surface area contributed by atoms with Gasteiger partial charge in [0.15, 0.2) is 0 Å². The number of aliphatic hydroxyl groups is 1. The molecule has 0 aromatic heterocycles. The van der Waals surface area contributed by atoms with Crippen molar-refractivity contribution in [3.8, 4) is 23.0 Å². The highest BCUT2D eigenvalue weighted by Crippen LogP contribution is 2.28. The van der Waals surface area contributed by atoms with Gasteiger partial charge in [0.25, 0.3) is 0 Å². The molecule has 0 bridgehead atoms. The minimum absolute atomic E-state index is 0. The largest absolute Gasteiger partial charge is 0.457 e. The second-order valence-corrected chi connectivity index (χ2v) is 10.3. The summed E-state index contributed by atoms with van der Waals surface area (Å²) in [7, 11) is 0. The molecule has 0 amide bonds. The van der Waals surface area contributed by atoms with Crippen LogP contribution in [0, 0.1) is 11.6 Å². The van der Waals surface area contributed by atoms with Gasteiger partial charge in [-0.3, -0.25) is 0 Å². The predicted octanol–water partition coefficient (Wildman–Crippen LogP) is 11.5. The van der Waals surface area contributed by atoms with E-state index in [9.17, 15) is 8.78 Å². The summed E-state index contributed by atoms with van der Waals surface area (Å²) in [5, 5.41) is 9.11. The van der Waals surface area contributed by atoms with Crippen molar-refractivity contribution in [2.45, 2.75) is 41.9 Å². The Labute approximate surface area is 288 Å². The van der Waals surface area contributed by atoms with Crippen LogP contribution in [0.2, 0.25) is 0 Å². The van der Waals surface area contributed by atoms with Crippen LogP contribution in [-0.2, 0) is 27.4 Å². The molecule has 4 aromatic rings. The van der Waals surface area contributed by atoms with E-state index in [1.807, 2.05) is 32.0 Å². The first kappa shape index (κ1) is 42.4. The lowest BCUT2D eigenvalue weighted by Gasteiger charge is -2.10. The standard InChI is InChI=1S/C16H16BrFO3.C13H10BrFO2.C3H7ClO.2CH4.H2/c1-2-19-11-20-10-12-9-15(7-8-16(12)17)21-14-5-3-13(18)4-6-14;14-13-6-5-12(7-9(13)8-16)17-11-3-1-10(15)2-4-11;1-2-5-3-4;;;/h3-9H,2,10-11H2,1H3;1-7,16H,8H2;2-3H2,1H3;2*1H4;1H. The smallest absolute Gasteiger partial charge is 0.147 e. The summed E-state index contributed by atoms with van der Waals surface area (Å²) in [5.41, 5.74) is 1.69. The maximum Gasteiger partial charge on any atom is 0.147 e. The summed E-state index contributed by atoms with van der Waals surface area (Å²) >= 11 is 11.9. The van der Waals surface area contributed by atoms with Crippen LogP contribution in [0.25, 0.3) is 0 Å². The van der Waals surface area contributed by atoms with E-state index in [2.05, 4.69) is 36.6 Å². The lowest BCUT2D eigenvalue weighted by molar-refractivity contribution is -0.0573. The molecule has 0 atom stereocenters. The molecule has 0 aliphatic carbocycles. The number of aliphatic hydroxyl groups excluding tert-OH is 1. The van der Waals surface area contributed by atoms with Crippen molar-refractivity contribution in [1.82, 2.24) is 0 Å². The average molecular weight is 781 g/mol. The fraction of sp³-hybridized carbons (Fsp3) is 0.294. The number of hydrogen-bond acceptors (Lipinski definition) is 6. The first-order valence-corrected chi connectivity index (χ1v) is 15.2. The van der Waals surface area contributed by atoms with E-state index in [0.717, 1.165) is 20.1 Å². The lowest BCUT2D eigenvalue weighted by atomic mass is 10.2. The molecule has 0 aliphatic rings. The van der Waals surface area contributed by atoms with Gasteiger partial charge in [-0.15, -0.1) is 0 Å². The molecule has 0 saturated carbocycles. The van der Waals surface area contributed by atoms with Gasteiger partial charge in [0.2, 0.25) is 0 Å². The van der Waals surface area contributed by atoms with Gasteiger partial charge in [0.1, 0.15) is 47.5 Å². The number of alkyl halides is 1. The van der Waals surface area contributed by atoms with Crippen molar-refractivity contribution in [2.24, 2.45) is 0 Å². The number of benzene rings is 4. The Morgan fingerprint density at radius 2 is 1.07 bits per heavy atom. The first-order chi connectivity index (χ1) is 20.8. The fourth-order valence-corrected chi connectivity index (χ4v) is 4.00. The van der Waals surface area contributed by atoms with Gasteiger partial charge < -0.3 is 28.8 Å². The maximum atomic E-state index is 12.9. The molecule has 250 valence electrons. The van der Waals surface area contributed by atoms with Crippen LogP contribution in [0.4, 0.5) is 8.78 Å². The van der Waals surface area contributed by atoms with Gasteiger partial charge in [-0.05, 0) is 110 Å². The highest BCUT2D eigenvalue weighted by Gasteiger charge is 2.05. The van der Waals surface area contributed by atoms with E-state index < -0.39 is 0 Å². The first-order valence-electron chi connectivity index (χ1n) is 13.1. The van der Waals surface area contributed by atoms with Crippen molar-refractivity contribution < 1.29 is 39.0 Å². The Hall–Kier alpha value is -2.57. The predicted molar refractivity (Wildman–Crippen MR) is 186 cm³/mol. The number of ether oxygens (including phenoxy) is 5. The van der Waals surface area contributed by atoms with Gasteiger partial charge in [0.05, 0.1) is 13.2 Å². The molecule has 4 aromatic carbocycles. The maximum absolute atomic E-state index is 12.9. The van der Waals surface area contributed by atoms with E-state index in [4.69, 9.17) is 35.7 Å². The van der Waals surface area contributed by atoms with Crippen LogP contribution in [0.5, 0.6) is 23.0 Å². The van der Waals surface area contributed by atoms with Crippen molar-refractivity contribution >= 4 is 43.5 Å². The summed E-state index contributed by atoms with van der Waals surface area (Å²) < 4.78 is 53.7. The second kappa shape index (κ2) is 24.6. The highest BCUT2D eigenvalue weighted by atomic mass is 79.9. The van der Waals surface area contributed by atoms with E-state index in [0.29, 0.717) is 48.9 Å². The van der Waals surface area contributed by atoms with Crippen LogP contribution in [0.1, 0.15) is 41.3 Å². The highest BCUT2D eigenvalue weighted by molar-refractivity contribution is 9.10. The Bertz CT molecular complexity index is 1350. The molecular formula is C34H43Br2ClF2O6. The van der Waals surface area contributed by atoms with E-state index >= 15 is 0 Å². The van der Waals surface area contributed by atoms with Crippen molar-refractivity contribution in [3.05, 3.63) is 117 Å². The van der Waals surface area contributed by atoms with Crippen molar-refractivity contribution in [1.29, 1.82) is 0 Å². The van der Waals surface area contributed by atoms with Crippen LogP contribution >= 0.6 is 43.5 Å². The quantitative estimate of drug-likeness (QED) is 0.0877. The minimum Gasteiger partial charge on any atom is -0.457 e. The lowest BCUT2D eigenvalue weighted by Crippen LogP contribution is -2.00. The Morgan fingerprint density at radius 1 is 0.644 bits per heavy atom. The summed E-state index contributed by atoms with van der Waals surface area (Å²) in [6.45, 7) is 5.76. The molecule has 0 heterocycles. The van der Waals surface area contributed by atoms with Gasteiger partial charge in [-0.2, -0.15) is 0 Å². The molecular weight excluding hydrogens is 738 g/mol. The SMILES string of the molecule is C.C.CCOCCl.CCOCOCc1cc(Oc2ccc(F)cc2)ccc1Br.OCc1cc(Oc2ccc(F)cc2)ccc1Br.[HH]. The molecule has 4 rings (SSSR count).